The Hall–Kier alpha value is -1.63. The van der Waals surface area contributed by atoms with Crippen LogP contribution in [0, 0.1) is 10.1 Å². The first kappa shape index (κ1) is 16.4. The molecule has 0 aliphatic carbocycles. The zero-order chi connectivity index (χ0) is 15.1. The molecule has 1 N–H and O–H groups in total. The minimum atomic E-state index is -0.960. The van der Waals surface area contributed by atoms with Crippen molar-refractivity contribution in [2.24, 2.45) is 0 Å². The van der Waals surface area contributed by atoms with Gasteiger partial charge >= 0.3 is 5.69 Å². The lowest BCUT2D eigenvalue weighted by atomic mass is 10.2. The first-order chi connectivity index (χ1) is 9.45. The predicted octanol–water partition coefficient (Wildman–Crippen LogP) is 2.56. The van der Waals surface area contributed by atoms with Crippen LogP contribution < -0.4 is 10.1 Å². The Balaban J connectivity index is 2.99. The van der Waals surface area contributed by atoms with Gasteiger partial charge in [-0.2, -0.15) is 0 Å². The quantitative estimate of drug-likeness (QED) is 0.589. The minimum absolute atomic E-state index is 0.0744. The predicted molar refractivity (Wildman–Crippen MR) is 80.9 cm³/mol. The van der Waals surface area contributed by atoms with Gasteiger partial charge in [0.25, 0.3) is 0 Å². The van der Waals surface area contributed by atoms with Crippen LogP contribution in [0.2, 0.25) is 0 Å². The van der Waals surface area contributed by atoms with Crippen LogP contribution in [-0.4, -0.2) is 33.8 Å². The molecule has 0 spiro atoms. The van der Waals surface area contributed by atoms with Crippen LogP contribution >= 0.6 is 0 Å². The first-order valence-corrected chi connectivity index (χ1v) is 8.15. The van der Waals surface area contributed by atoms with Gasteiger partial charge in [0.1, 0.15) is 5.69 Å². The Bertz CT molecular complexity index is 493. The SMILES string of the molecule is CCCOc1cccc(NC(C)CS(C)=O)c1[N+](=O)[O-]. The van der Waals surface area contributed by atoms with Crippen LogP contribution in [0.4, 0.5) is 11.4 Å². The Morgan fingerprint density at radius 1 is 1.50 bits per heavy atom. The van der Waals surface area contributed by atoms with Gasteiger partial charge in [-0.15, -0.1) is 0 Å². The normalized spacial score (nSPS) is 13.6. The van der Waals surface area contributed by atoms with Gasteiger partial charge in [-0.25, -0.2) is 0 Å². The largest absolute Gasteiger partial charge is 0.487 e. The number of hydrogen-bond acceptors (Lipinski definition) is 5. The molecule has 0 heterocycles. The fourth-order valence-electron chi connectivity index (χ4n) is 1.81. The summed E-state index contributed by atoms with van der Waals surface area (Å²) < 4.78 is 16.6. The van der Waals surface area contributed by atoms with Crippen molar-refractivity contribution in [1.29, 1.82) is 0 Å². The maximum Gasteiger partial charge on any atom is 0.333 e. The summed E-state index contributed by atoms with van der Waals surface area (Å²) >= 11 is 0. The molecule has 0 saturated heterocycles. The molecular formula is C13H20N2O4S. The van der Waals surface area contributed by atoms with Gasteiger partial charge in [0.15, 0.2) is 5.75 Å². The van der Waals surface area contributed by atoms with E-state index in [4.69, 9.17) is 4.74 Å². The molecule has 20 heavy (non-hydrogen) atoms. The van der Waals surface area contributed by atoms with E-state index >= 15 is 0 Å². The molecule has 2 atom stereocenters. The van der Waals surface area contributed by atoms with Crippen molar-refractivity contribution >= 4 is 22.2 Å². The van der Waals surface area contributed by atoms with Crippen molar-refractivity contribution in [2.75, 3.05) is 23.9 Å². The smallest absolute Gasteiger partial charge is 0.333 e. The fourth-order valence-corrected chi connectivity index (χ4v) is 2.60. The lowest BCUT2D eigenvalue weighted by Crippen LogP contribution is -2.22. The molecular weight excluding hydrogens is 280 g/mol. The van der Waals surface area contributed by atoms with Crippen LogP contribution in [0.25, 0.3) is 0 Å². The van der Waals surface area contributed by atoms with Gasteiger partial charge in [0.2, 0.25) is 0 Å². The molecule has 1 rings (SSSR count). The molecule has 0 amide bonds. The number of anilines is 1. The monoisotopic (exact) mass is 300 g/mol. The number of benzene rings is 1. The van der Waals surface area contributed by atoms with Crippen molar-refractivity contribution in [3.63, 3.8) is 0 Å². The number of nitro groups is 1. The van der Waals surface area contributed by atoms with Crippen LogP contribution in [0.3, 0.4) is 0 Å². The third-order valence-electron chi connectivity index (χ3n) is 2.53. The summed E-state index contributed by atoms with van der Waals surface area (Å²) in [6.45, 7) is 4.20. The second kappa shape index (κ2) is 7.84. The summed E-state index contributed by atoms with van der Waals surface area (Å²) in [6.07, 6.45) is 2.38. The third kappa shape index (κ3) is 4.80. The topological polar surface area (TPSA) is 81.5 Å². The number of nitro benzene ring substituents is 1. The van der Waals surface area contributed by atoms with E-state index in [1.54, 1.807) is 24.5 Å². The first-order valence-electron chi connectivity index (χ1n) is 6.42. The maximum atomic E-state index is 11.2. The van der Waals surface area contributed by atoms with Crippen molar-refractivity contribution in [3.05, 3.63) is 28.3 Å². The summed E-state index contributed by atoms with van der Waals surface area (Å²) in [4.78, 5) is 10.8. The van der Waals surface area contributed by atoms with Crippen LogP contribution in [0.5, 0.6) is 5.75 Å². The molecule has 0 aliphatic heterocycles. The molecule has 2 unspecified atom stereocenters. The lowest BCUT2D eigenvalue weighted by Gasteiger charge is -2.15. The summed E-state index contributed by atoms with van der Waals surface area (Å²) in [5.41, 5.74) is 0.316. The number of nitrogens with zero attached hydrogens (tertiary/aromatic N) is 1. The second-order valence-corrected chi connectivity index (χ2v) is 6.02. The molecule has 0 radical (unpaired) electrons. The van der Waals surface area contributed by atoms with Gasteiger partial charge < -0.3 is 10.1 Å². The molecule has 112 valence electrons. The molecule has 7 heteroatoms. The highest BCUT2D eigenvalue weighted by atomic mass is 32.2. The number of rotatable bonds is 8. The van der Waals surface area contributed by atoms with E-state index in [0.29, 0.717) is 18.0 Å². The molecule has 0 saturated carbocycles. The molecule has 0 fully saturated rings. The highest BCUT2D eigenvalue weighted by molar-refractivity contribution is 7.84. The van der Waals surface area contributed by atoms with Crippen molar-refractivity contribution in [2.45, 2.75) is 26.3 Å². The summed E-state index contributed by atoms with van der Waals surface area (Å²) in [7, 11) is -0.960. The Labute approximate surface area is 121 Å². The van der Waals surface area contributed by atoms with Gasteiger partial charge in [0.05, 0.1) is 11.5 Å². The van der Waals surface area contributed by atoms with E-state index in [9.17, 15) is 14.3 Å². The van der Waals surface area contributed by atoms with Crippen LogP contribution in [0.15, 0.2) is 18.2 Å². The molecule has 0 bridgehead atoms. The Kier molecular flexibility index (Phi) is 6.44. The zero-order valence-corrected chi connectivity index (χ0v) is 12.7. The zero-order valence-electron chi connectivity index (χ0n) is 11.9. The Morgan fingerprint density at radius 2 is 2.20 bits per heavy atom. The number of hydrogen-bond donors (Lipinski definition) is 1. The van der Waals surface area contributed by atoms with Crippen LogP contribution in [0.1, 0.15) is 20.3 Å². The highest BCUT2D eigenvalue weighted by Gasteiger charge is 2.22. The number of nitrogens with one attached hydrogen (secondary N) is 1. The van der Waals surface area contributed by atoms with Gasteiger partial charge in [-0.3, -0.25) is 14.3 Å². The van der Waals surface area contributed by atoms with E-state index in [0.717, 1.165) is 6.42 Å². The molecule has 6 nitrogen and oxygen atoms in total. The van der Waals surface area contributed by atoms with E-state index in [-0.39, 0.29) is 17.5 Å². The molecule has 1 aromatic rings. The van der Waals surface area contributed by atoms with Crippen molar-refractivity contribution in [3.8, 4) is 5.75 Å². The summed E-state index contributed by atoms with van der Waals surface area (Å²) in [5, 5.41) is 14.3. The molecule has 0 aliphatic rings. The van der Waals surface area contributed by atoms with Crippen molar-refractivity contribution in [1.82, 2.24) is 0 Å². The number of ether oxygens (including phenoxy) is 1. The van der Waals surface area contributed by atoms with E-state index < -0.39 is 15.7 Å². The van der Waals surface area contributed by atoms with E-state index in [1.807, 2.05) is 13.8 Å². The third-order valence-corrected chi connectivity index (χ3v) is 3.50. The standard InChI is InChI=1S/C13H20N2O4S/c1-4-8-19-12-7-5-6-11(13(12)15(16)17)14-10(2)9-20(3)18/h5-7,10,14H,4,8-9H2,1-3H3. The fraction of sp³-hybridized carbons (Fsp3) is 0.538. The van der Waals surface area contributed by atoms with E-state index in [1.165, 1.54) is 0 Å². The molecule has 1 aromatic carbocycles. The van der Waals surface area contributed by atoms with Gasteiger partial charge in [-0.05, 0) is 25.5 Å². The van der Waals surface area contributed by atoms with E-state index in [2.05, 4.69) is 5.32 Å². The Morgan fingerprint density at radius 3 is 2.75 bits per heavy atom. The maximum absolute atomic E-state index is 11.2. The second-order valence-electron chi connectivity index (χ2n) is 4.54. The average molecular weight is 300 g/mol. The molecule has 0 aromatic heterocycles. The van der Waals surface area contributed by atoms with Crippen LogP contribution in [-0.2, 0) is 10.8 Å². The highest BCUT2D eigenvalue weighted by Crippen LogP contribution is 2.35. The lowest BCUT2D eigenvalue weighted by molar-refractivity contribution is -0.385. The van der Waals surface area contributed by atoms with Gasteiger partial charge in [-0.1, -0.05) is 13.0 Å². The summed E-state index contributed by atoms with van der Waals surface area (Å²) in [6, 6.07) is 4.80. The number of para-hydroxylation sites is 1. The minimum Gasteiger partial charge on any atom is -0.487 e. The van der Waals surface area contributed by atoms with Crippen molar-refractivity contribution < 1.29 is 13.9 Å². The van der Waals surface area contributed by atoms with Gasteiger partial charge in [0, 0.05) is 28.9 Å². The summed E-state index contributed by atoms with van der Waals surface area (Å²) in [5.74, 6) is 0.684. The average Bonchev–Trinajstić information content (AvgIpc) is 2.34.